The normalized spacial score (nSPS) is 12.2. The molecule has 158 valence electrons. The van der Waals surface area contributed by atoms with Gasteiger partial charge in [-0.15, -0.1) is 0 Å². The van der Waals surface area contributed by atoms with Crippen LogP contribution in [-0.2, 0) is 4.79 Å². The van der Waals surface area contributed by atoms with Gasteiger partial charge in [-0.05, 0) is 30.8 Å². The monoisotopic (exact) mass is 467 g/mol. The Labute approximate surface area is 187 Å². The molecular weight excluding hydrogens is 441 g/mol. The molecule has 0 heterocycles. The molecule has 0 radical (unpaired) electrons. The topological polar surface area (TPSA) is 62.4 Å². The fraction of sp³-hybridized carbons (Fsp3) is 0.579. The molecule has 1 aromatic carbocycles. The number of halogens is 3. The van der Waals surface area contributed by atoms with E-state index >= 15 is 0 Å². The maximum atomic E-state index is 12.2. The second-order valence-corrected chi connectivity index (χ2v) is 9.14. The Hall–Kier alpha value is -0.950. The van der Waals surface area contributed by atoms with Gasteiger partial charge in [0.1, 0.15) is 11.9 Å². The van der Waals surface area contributed by atoms with E-state index in [9.17, 15) is 4.79 Å². The molecule has 5 nitrogen and oxygen atoms in total. The number of nitrogens with one attached hydrogen (secondary N) is 3. The summed E-state index contributed by atoms with van der Waals surface area (Å²) in [4.78, 5) is 12.2. The Morgan fingerprint density at radius 2 is 1.75 bits per heavy atom. The summed E-state index contributed by atoms with van der Waals surface area (Å²) in [7, 11) is 1.56. The van der Waals surface area contributed by atoms with E-state index in [-0.39, 0.29) is 11.0 Å². The smallest absolute Gasteiger partial charge is 0.228 e. The summed E-state index contributed by atoms with van der Waals surface area (Å²) in [5.41, 5.74) is 0.656. The van der Waals surface area contributed by atoms with Gasteiger partial charge >= 0.3 is 0 Å². The molecule has 0 fully saturated rings. The highest BCUT2D eigenvalue weighted by molar-refractivity contribution is 7.80. The third kappa shape index (κ3) is 10.0. The van der Waals surface area contributed by atoms with E-state index < -0.39 is 9.96 Å². The van der Waals surface area contributed by atoms with Crippen molar-refractivity contribution in [3.05, 3.63) is 24.3 Å². The number of carbonyl (C=O) groups is 1. The minimum atomic E-state index is -1.77. The van der Waals surface area contributed by atoms with Gasteiger partial charge in [0.15, 0.2) is 5.11 Å². The highest BCUT2D eigenvalue weighted by Crippen LogP contribution is 2.29. The van der Waals surface area contributed by atoms with Gasteiger partial charge in [-0.1, -0.05) is 86.0 Å². The average Bonchev–Trinajstić information content (AvgIpc) is 2.63. The first-order chi connectivity index (χ1) is 13.3. The average molecular weight is 469 g/mol. The Morgan fingerprint density at radius 1 is 1.11 bits per heavy atom. The van der Waals surface area contributed by atoms with Gasteiger partial charge < -0.3 is 20.7 Å². The highest BCUT2D eigenvalue weighted by atomic mass is 35.6. The molecular formula is C19H28Cl3N3O2S. The summed E-state index contributed by atoms with van der Waals surface area (Å²) in [6.45, 7) is 2.17. The van der Waals surface area contributed by atoms with Crippen LogP contribution in [0.3, 0.4) is 0 Å². The minimum absolute atomic E-state index is 0.195. The summed E-state index contributed by atoms with van der Waals surface area (Å²) in [6, 6.07) is 7.27. The first kappa shape index (κ1) is 25.1. The van der Waals surface area contributed by atoms with E-state index in [4.69, 9.17) is 51.8 Å². The van der Waals surface area contributed by atoms with Crippen LogP contribution in [0.1, 0.15) is 51.9 Å². The van der Waals surface area contributed by atoms with Crippen LogP contribution in [0.15, 0.2) is 24.3 Å². The van der Waals surface area contributed by atoms with Crippen LogP contribution >= 0.6 is 47.0 Å². The van der Waals surface area contributed by atoms with E-state index in [0.29, 0.717) is 17.9 Å². The maximum Gasteiger partial charge on any atom is 0.228 e. The number of alkyl halides is 3. The van der Waals surface area contributed by atoms with Gasteiger partial charge in [-0.2, -0.15) is 0 Å². The van der Waals surface area contributed by atoms with Crippen molar-refractivity contribution in [3.8, 4) is 5.75 Å². The zero-order chi connectivity index (χ0) is 21.0. The molecule has 0 aliphatic rings. The second-order valence-electron chi connectivity index (χ2n) is 6.36. The molecule has 9 heteroatoms. The van der Waals surface area contributed by atoms with Crippen molar-refractivity contribution in [2.45, 2.75) is 61.8 Å². The molecule has 1 unspecified atom stereocenters. The molecule has 0 aliphatic heterocycles. The van der Waals surface area contributed by atoms with Crippen molar-refractivity contribution in [3.63, 3.8) is 0 Å². The molecule has 0 bridgehead atoms. The van der Waals surface area contributed by atoms with E-state index in [1.54, 1.807) is 19.2 Å². The van der Waals surface area contributed by atoms with Crippen molar-refractivity contribution in [2.24, 2.45) is 0 Å². The zero-order valence-corrected chi connectivity index (χ0v) is 19.3. The molecule has 0 saturated carbocycles. The Bertz CT molecular complexity index is 627. The number of amides is 1. The first-order valence-corrected chi connectivity index (χ1v) is 10.9. The summed E-state index contributed by atoms with van der Waals surface area (Å²) < 4.78 is 3.49. The van der Waals surface area contributed by atoms with Crippen LogP contribution in [0, 0.1) is 0 Å². The lowest BCUT2D eigenvalue weighted by Gasteiger charge is -2.28. The van der Waals surface area contributed by atoms with Crippen molar-refractivity contribution in [1.29, 1.82) is 0 Å². The predicted octanol–water partition coefficient (Wildman–Crippen LogP) is 5.54. The minimum Gasteiger partial charge on any atom is -0.495 e. The first-order valence-electron chi connectivity index (χ1n) is 9.34. The summed E-state index contributed by atoms with van der Waals surface area (Å²) in [6.07, 6.45) is 5.94. The number of rotatable bonds is 11. The lowest BCUT2D eigenvalue weighted by atomic mass is 10.1. The Morgan fingerprint density at radius 3 is 2.39 bits per heavy atom. The number of para-hydroxylation sites is 2. The van der Waals surface area contributed by atoms with Crippen molar-refractivity contribution in [1.82, 2.24) is 10.6 Å². The van der Waals surface area contributed by atoms with Crippen LogP contribution in [0.5, 0.6) is 5.75 Å². The van der Waals surface area contributed by atoms with Crippen LogP contribution in [0.2, 0.25) is 0 Å². The second kappa shape index (κ2) is 13.3. The van der Waals surface area contributed by atoms with Crippen molar-refractivity contribution >= 4 is 63.7 Å². The number of methoxy groups -OCH3 is 1. The number of thiocarbonyl (C=S) groups is 1. The SMILES string of the molecule is CCCCCCCCC(=O)NC(NC(=S)Nc1ccccc1OC)C(Cl)(Cl)Cl. The molecule has 1 amide bonds. The lowest BCUT2D eigenvalue weighted by Crippen LogP contribution is -2.56. The number of carbonyl (C=O) groups excluding carboxylic acids is 1. The molecule has 0 saturated heterocycles. The number of anilines is 1. The maximum absolute atomic E-state index is 12.2. The van der Waals surface area contributed by atoms with E-state index in [1.807, 2.05) is 12.1 Å². The Balaban J connectivity index is 2.54. The molecule has 0 spiro atoms. The van der Waals surface area contributed by atoms with Gasteiger partial charge in [0.05, 0.1) is 12.8 Å². The van der Waals surface area contributed by atoms with Gasteiger partial charge in [-0.3, -0.25) is 4.79 Å². The fourth-order valence-corrected chi connectivity index (χ4v) is 3.09. The van der Waals surface area contributed by atoms with E-state index in [1.165, 1.54) is 19.3 Å². The summed E-state index contributed by atoms with van der Waals surface area (Å²) in [5, 5.41) is 8.71. The molecule has 1 rings (SSSR count). The fourth-order valence-electron chi connectivity index (χ4n) is 2.54. The van der Waals surface area contributed by atoms with E-state index in [0.717, 1.165) is 19.3 Å². The Kier molecular flexibility index (Phi) is 11.9. The third-order valence-corrected chi connectivity index (χ3v) is 4.90. The molecule has 3 N–H and O–H groups in total. The number of hydrogen-bond acceptors (Lipinski definition) is 3. The number of hydrogen-bond donors (Lipinski definition) is 3. The third-order valence-electron chi connectivity index (χ3n) is 4.02. The van der Waals surface area contributed by atoms with Gasteiger partial charge in [-0.25, -0.2) is 0 Å². The van der Waals surface area contributed by atoms with Gasteiger partial charge in [0, 0.05) is 6.42 Å². The molecule has 0 aliphatic carbocycles. The van der Waals surface area contributed by atoms with Crippen LogP contribution in [0.25, 0.3) is 0 Å². The summed E-state index contributed by atoms with van der Waals surface area (Å²) >= 11 is 23.3. The molecule has 28 heavy (non-hydrogen) atoms. The molecule has 0 aromatic heterocycles. The molecule has 1 aromatic rings. The predicted molar refractivity (Wildman–Crippen MR) is 123 cm³/mol. The van der Waals surface area contributed by atoms with Crippen molar-refractivity contribution < 1.29 is 9.53 Å². The lowest BCUT2D eigenvalue weighted by molar-refractivity contribution is -0.122. The standard InChI is InChI=1S/C19H28Cl3N3O2S/c1-3-4-5-6-7-8-13-16(26)24-17(19(20,21)22)25-18(28)23-14-11-9-10-12-15(14)27-2/h9-12,17H,3-8,13H2,1-2H3,(H,24,26)(H2,23,25,28). The van der Waals surface area contributed by atoms with E-state index in [2.05, 4.69) is 22.9 Å². The number of unbranched alkanes of at least 4 members (excludes halogenated alkanes) is 5. The van der Waals surface area contributed by atoms with Crippen molar-refractivity contribution in [2.75, 3.05) is 12.4 Å². The van der Waals surface area contributed by atoms with Gasteiger partial charge in [0.2, 0.25) is 9.70 Å². The molecule has 1 atom stereocenters. The highest BCUT2D eigenvalue weighted by Gasteiger charge is 2.34. The van der Waals surface area contributed by atoms with Crippen LogP contribution < -0.4 is 20.7 Å². The largest absolute Gasteiger partial charge is 0.495 e. The number of ether oxygens (including phenoxy) is 1. The zero-order valence-electron chi connectivity index (χ0n) is 16.2. The summed E-state index contributed by atoms with van der Waals surface area (Å²) in [5.74, 6) is 0.420. The quantitative estimate of drug-likeness (QED) is 0.172. The van der Waals surface area contributed by atoms with Crippen LogP contribution in [-0.4, -0.2) is 28.1 Å². The van der Waals surface area contributed by atoms with Gasteiger partial charge in [0.25, 0.3) is 0 Å². The van der Waals surface area contributed by atoms with Crippen LogP contribution in [0.4, 0.5) is 5.69 Å². The number of benzene rings is 1.